The summed E-state index contributed by atoms with van der Waals surface area (Å²) in [5.41, 5.74) is 6.89. The number of rotatable bonds is 1. The average Bonchev–Trinajstić information content (AvgIpc) is 1.97. The monoisotopic (exact) mass is 153 g/mol. The van der Waals surface area contributed by atoms with Crippen LogP contribution < -0.4 is 5.73 Å². The van der Waals surface area contributed by atoms with Gasteiger partial charge in [-0.25, -0.2) is 0 Å². The predicted octanol–water partition coefficient (Wildman–Crippen LogP) is 1.24. The molecule has 4 N–H and O–H groups in total. The van der Waals surface area contributed by atoms with Crippen LogP contribution in [-0.2, 0) is 6.42 Å². The third-order valence-electron chi connectivity index (χ3n) is 1.62. The number of phenolic OH excluding ortho intramolecular Hbond substituents is 2. The van der Waals surface area contributed by atoms with Gasteiger partial charge in [0.2, 0.25) is 0 Å². The summed E-state index contributed by atoms with van der Waals surface area (Å²) in [5, 5.41) is 18.0. The number of hydrogen-bond donors (Lipinski definition) is 3. The molecule has 0 spiro atoms. The molecule has 0 saturated carbocycles. The van der Waals surface area contributed by atoms with E-state index < -0.39 is 0 Å². The van der Waals surface area contributed by atoms with Crippen LogP contribution in [0.2, 0.25) is 0 Å². The third-order valence-corrected chi connectivity index (χ3v) is 1.62. The molecule has 1 rings (SSSR count). The lowest BCUT2D eigenvalue weighted by Crippen LogP contribution is -1.91. The third kappa shape index (κ3) is 1.37. The van der Waals surface area contributed by atoms with E-state index in [9.17, 15) is 0 Å². The van der Waals surface area contributed by atoms with E-state index in [1.54, 1.807) is 0 Å². The molecule has 1 aromatic carbocycles. The Kier molecular flexibility index (Phi) is 1.89. The Balaban J connectivity index is 3.21. The minimum absolute atomic E-state index is 0.115. The maximum atomic E-state index is 9.05. The molecule has 0 unspecified atom stereocenters. The molecule has 0 aromatic heterocycles. The summed E-state index contributed by atoms with van der Waals surface area (Å²) in [5.74, 6) is -0.282. The highest BCUT2D eigenvalue weighted by Crippen LogP contribution is 2.29. The zero-order valence-electron chi connectivity index (χ0n) is 6.33. The maximum absolute atomic E-state index is 9.05. The van der Waals surface area contributed by atoms with Crippen LogP contribution in [0.4, 0.5) is 5.69 Å². The fourth-order valence-corrected chi connectivity index (χ4v) is 0.942. The first-order valence-electron chi connectivity index (χ1n) is 3.45. The summed E-state index contributed by atoms with van der Waals surface area (Å²) in [6.07, 6.45) is 0.750. The standard InChI is InChI=1S/C8H11NO2/c1-2-5-3-7(10)8(11)4-6(5)9/h3-4,10-11H,2,9H2,1H3. The average molecular weight is 153 g/mol. The van der Waals surface area contributed by atoms with Gasteiger partial charge in [0, 0.05) is 11.8 Å². The van der Waals surface area contributed by atoms with E-state index in [0.29, 0.717) is 5.69 Å². The van der Waals surface area contributed by atoms with Gasteiger partial charge in [-0.05, 0) is 18.1 Å². The number of benzene rings is 1. The number of aryl methyl sites for hydroxylation is 1. The summed E-state index contributed by atoms with van der Waals surface area (Å²) in [6, 6.07) is 2.83. The molecule has 1 aromatic rings. The van der Waals surface area contributed by atoms with Crippen LogP contribution in [0.1, 0.15) is 12.5 Å². The van der Waals surface area contributed by atoms with Crippen LogP contribution in [0.15, 0.2) is 12.1 Å². The molecule has 0 aliphatic heterocycles. The van der Waals surface area contributed by atoms with E-state index in [1.807, 2.05) is 6.92 Å². The van der Waals surface area contributed by atoms with E-state index >= 15 is 0 Å². The van der Waals surface area contributed by atoms with Gasteiger partial charge >= 0.3 is 0 Å². The molecular formula is C8H11NO2. The van der Waals surface area contributed by atoms with Crippen LogP contribution in [0.25, 0.3) is 0 Å². The predicted molar refractivity (Wildman–Crippen MR) is 43.6 cm³/mol. The molecule has 0 aliphatic rings. The smallest absolute Gasteiger partial charge is 0.159 e. The Morgan fingerprint density at radius 1 is 1.27 bits per heavy atom. The minimum Gasteiger partial charge on any atom is -0.504 e. The molecule has 0 bridgehead atoms. The van der Waals surface area contributed by atoms with Crippen molar-refractivity contribution in [3.8, 4) is 11.5 Å². The second-order valence-corrected chi connectivity index (χ2v) is 2.39. The minimum atomic E-state index is -0.167. The van der Waals surface area contributed by atoms with Gasteiger partial charge in [0.1, 0.15) is 0 Å². The van der Waals surface area contributed by atoms with Crippen LogP contribution in [0.5, 0.6) is 11.5 Å². The largest absolute Gasteiger partial charge is 0.504 e. The van der Waals surface area contributed by atoms with Crippen LogP contribution in [0, 0.1) is 0 Å². The molecule has 3 nitrogen and oxygen atoms in total. The molecule has 0 amide bonds. The van der Waals surface area contributed by atoms with Crippen molar-refractivity contribution in [2.24, 2.45) is 0 Å². The van der Waals surface area contributed by atoms with Crippen molar-refractivity contribution in [1.82, 2.24) is 0 Å². The van der Waals surface area contributed by atoms with E-state index in [4.69, 9.17) is 15.9 Å². The van der Waals surface area contributed by atoms with Gasteiger partial charge in [0.15, 0.2) is 11.5 Å². The number of phenols is 2. The van der Waals surface area contributed by atoms with Gasteiger partial charge in [0.25, 0.3) is 0 Å². The summed E-state index contributed by atoms with van der Waals surface area (Å²) < 4.78 is 0. The van der Waals surface area contributed by atoms with Crippen LogP contribution in [-0.4, -0.2) is 10.2 Å². The normalized spacial score (nSPS) is 9.91. The number of anilines is 1. The van der Waals surface area contributed by atoms with Crippen molar-refractivity contribution >= 4 is 5.69 Å². The Hall–Kier alpha value is -1.38. The highest BCUT2D eigenvalue weighted by Gasteiger charge is 2.03. The van der Waals surface area contributed by atoms with E-state index in [1.165, 1.54) is 12.1 Å². The van der Waals surface area contributed by atoms with E-state index in [-0.39, 0.29) is 11.5 Å². The first-order chi connectivity index (χ1) is 5.15. The molecular weight excluding hydrogens is 142 g/mol. The Morgan fingerprint density at radius 3 is 2.36 bits per heavy atom. The quantitative estimate of drug-likeness (QED) is 0.323. The first kappa shape index (κ1) is 7.72. The van der Waals surface area contributed by atoms with Gasteiger partial charge in [0.05, 0.1) is 0 Å². The lowest BCUT2D eigenvalue weighted by molar-refractivity contribution is 0.403. The van der Waals surface area contributed by atoms with Crippen molar-refractivity contribution in [1.29, 1.82) is 0 Å². The van der Waals surface area contributed by atoms with Gasteiger partial charge < -0.3 is 15.9 Å². The van der Waals surface area contributed by atoms with Gasteiger partial charge in [-0.3, -0.25) is 0 Å². The summed E-state index contributed by atoms with van der Waals surface area (Å²) in [7, 11) is 0. The zero-order valence-corrected chi connectivity index (χ0v) is 6.33. The van der Waals surface area contributed by atoms with Crippen molar-refractivity contribution < 1.29 is 10.2 Å². The molecule has 0 aliphatic carbocycles. The molecule has 11 heavy (non-hydrogen) atoms. The van der Waals surface area contributed by atoms with E-state index in [2.05, 4.69) is 0 Å². The molecule has 0 atom stereocenters. The fraction of sp³-hybridized carbons (Fsp3) is 0.250. The van der Waals surface area contributed by atoms with Crippen molar-refractivity contribution in [2.45, 2.75) is 13.3 Å². The molecule has 3 heteroatoms. The topological polar surface area (TPSA) is 66.5 Å². The van der Waals surface area contributed by atoms with Gasteiger partial charge in [-0.2, -0.15) is 0 Å². The molecule has 0 heterocycles. The van der Waals surface area contributed by atoms with Gasteiger partial charge in [-0.15, -0.1) is 0 Å². The molecule has 0 radical (unpaired) electrons. The maximum Gasteiger partial charge on any atom is 0.159 e. The lowest BCUT2D eigenvalue weighted by atomic mass is 10.1. The second kappa shape index (κ2) is 2.70. The highest BCUT2D eigenvalue weighted by atomic mass is 16.3. The summed E-state index contributed by atoms with van der Waals surface area (Å²) >= 11 is 0. The van der Waals surface area contributed by atoms with Crippen LogP contribution in [0.3, 0.4) is 0 Å². The van der Waals surface area contributed by atoms with Gasteiger partial charge in [-0.1, -0.05) is 6.92 Å². The summed E-state index contributed by atoms with van der Waals surface area (Å²) in [4.78, 5) is 0. The second-order valence-electron chi connectivity index (χ2n) is 2.39. The van der Waals surface area contributed by atoms with Crippen molar-refractivity contribution in [3.05, 3.63) is 17.7 Å². The molecule has 0 fully saturated rings. The zero-order chi connectivity index (χ0) is 8.43. The number of nitrogen functional groups attached to an aromatic ring is 1. The van der Waals surface area contributed by atoms with E-state index in [0.717, 1.165) is 12.0 Å². The summed E-state index contributed by atoms with van der Waals surface area (Å²) in [6.45, 7) is 1.93. The fourth-order valence-electron chi connectivity index (χ4n) is 0.942. The molecule has 60 valence electrons. The Morgan fingerprint density at radius 2 is 1.82 bits per heavy atom. The number of nitrogens with two attached hydrogens (primary N) is 1. The Labute approximate surface area is 65.1 Å². The van der Waals surface area contributed by atoms with Crippen molar-refractivity contribution in [3.63, 3.8) is 0 Å². The van der Waals surface area contributed by atoms with Crippen molar-refractivity contribution in [2.75, 3.05) is 5.73 Å². The highest BCUT2D eigenvalue weighted by molar-refractivity contribution is 5.56. The van der Waals surface area contributed by atoms with Crippen LogP contribution >= 0.6 is 0 Å². The Bertz CT molecular complexity index is 271. The lowest BCUT2D eigenvalue weighted by Gasteiger charge is -2.04. The number of hydrogen-bond acceptors (Lipinski definition) is 3. The SMILES string of the molecule is CCc1cc(O)c(O)cc1N. The first-order valence-corrected chi connectivity index (χ1v) is 3.45. The molecule has 0 saturated heterocycles. The number of aromatic hydroxyl groups is 2.